The van der Waals surface area contributed by atoms with Crippen LogP contribution in [0, 0.1) is 5.21 Å². The van der Waals surface area contributed by atoms with E-state index in [9.17, 15) is 10.0 Å². The van der Waals surface area contributed by atoms with E-state index in [4.69, 9.17) is 0 Å². The van der Waals surface area contributed by atoms with Crippen LogP contribution in [0.25, 0.3) is 0 Å². The number of ether oxygens (including phenoxy) is 1. The molecule has 0 heterocycles. The number of carbonyl (C=O) groups excluding carboxylic acids is 1. The summed E-state index contributed by atoms with van der Waals surface area (Å²) in [6, 6.07) is 0. The van der Waals surface area contributed by atoms with Gasteiger partial charge in [0.15, 0.2) is 0 Å². The molecule has 0 bridgehead atoms. The molecule has 0 aliphatic carbocycles. The molecule has 0 fully saturated rings. The van der Waals surface area contributed by atoms with Crippen molar-refractivity contribution in [2.45, 2.75) is 13.8 Å². The van der Waals surface area contributed by atoms with Crippen LogP contribution in [0.15, 0.2) is 5.28 Å². The summed E-state index contributed by atoms with van der Waals surface area (Å²) in [7, 11) is 1.23. The first-order valence-electron chi connectivity index (χ1n) is 4.27. The number of esters is 1. The lowest BCUT2D eigenvalue weighted by atomic mass is 10.6. The molecule has 14 heavy (non-hydrogen) atoms. The number of hydrogen-bond acceptors (Lipinski definition) is 5. The van der Waals surface area contributed by atoms with E-state index in [-0.39, 0.29) is 6.61 Å². The van der Waals surface area contributed by atoms with Crippen LogP contribution in [0.3, 0.4) is 0 Å². The molecular formula is C7H15N3O4. The Morgan fingerprint density at radius 3 is 2.50 bits per heavy atom. The topological polar surface area (TPSA) is 77.2 Å². The van der Waals surface area contributed by atoms with E-state index in [2.05, 4.69) is 14.9 Å². The van der Waals surface area contributed by atoms with Gasteiger partial charge in [0.2, 0.25) is 11.9 Å². The average Bonchev–Trinajstić information content (AvgIpc) is 2.19. The Morgan fingerprint density at radius 2 is 2.07 bits per heavy atom. The highest BCUT2D eigenvalue weighted by molar-refractivity contribution is 5.70. The van der Waals surface area contributed by atoms with Crippen LogP contribution in [-0.4, -0.2) is 42.8 Å². The van der Waals surface area contributed by atoms with Crippen molar-refractivity contribution >= 4 is 5.97 Å². The van der Waals surface area contributed by atoms with Gasteiger partial charge in [-0.2, -0.15) is 0 Å². The van der Waals surface area contributed by atoms with Gasteiger partial charge in [0.1, 0.15) is 0 Å². The number of hydrogen-bond donors (Lipinski definition) is 0. The third-order valence-corrected chi connectivity index (χ3v) is 1.51. The monoisotopic (exact) mass is 205 g/mol. The van der Waals surface area contributed by atoms with Gasteiger partial charge in [0, 0.05) is 0 Å². The molecule has 0 aliphatic heterocycles. The van der Waals surface area contributed by atoms with Crippen LogP contribution < -0.4 is 0 Å². The van der Waals surface area contributed by atoms with E-state index < -0.39 is 5.97 Å². The smallest absolute Gasteiger partial charge is 0.346 e. The molecule has 0 aliphatic rings. The average molecular weight is 205 g/mol. The van der Waals surface area contributed by atoms with Crippen molar-refractivity contribution in [3.05, 3.63) is 5.21 Å². The van der Waals surface area contributed by atoms with Gasteiger partial charge in [-0.3, -0.25) is 0 Å². The molecule has 82 valence electrons. The number of methoxy groups -OCH3 is 1. The normalized spacial score (nSPS) is 10.9. The van der Waals surface area contributed by atoms with Crippen molar-refractivity contribution in [1.29, 1.82) is 0 Å². The van der Waals surface area contributed by atoms with Crippen molar-refractivity contribution in [1.82, 2.24) is 5.01 Å². The first-order valence-corrected chi connectivity index (χ1v) is 4.27. The van der Waals surface area contributed by atoms with Crippen LogP contribution in [0.2, 0.25) is 0 Å². The molecule has 0 aromatic rings. The Labute approximate surface area is 82.4 Å². The number of carbonyl (C=O) groups is 1. The third kappa shape index (κ3) is 4.48. The summed E-state index contributed by atoms with van der Waals surface area (Å²) in [5.74, 6) is -0.582. The lowest BCUT2D eigenvalue weighted by molar-refractivity contribution is -0.709. The Balaban J connectivity index is 3.92. The molecule has 0 saturated heterocycles. The number of hydrazine groups is 1. The highest BCUT2D eigenvalue weighted by Gasteiger charge is 2.07. The van der Waals surface area contributed by atoms with E-state index in [1.54, 1.807) is 0 Å². The lowest BCUT2D eigenvalue weighted by Crippen LogP contribution is -2.30. The summed E-state index contributed by atoms with van der Waals surface area (Å²) < 4.78 is 4.29. The maximum atomic E-state index is 11.1. The Morgan fingerprint density at radius 1 is 1.50 bits per heavy atom. The fourth-order valence-electron chi connectivity index (χ4n) is 0.707. The van der Waals surface area contributed by atoms with Crippen molar-refractivity contribution in [2.24, 2.45) is 5.28 Å². The SMILES string of the molecule is CCN(CC)[N+]([O-])=NOCC(=O)OC. The van der Waals surface area contributed by atoms with Crippen LogP contribution in [-0.2, 0) is 14.4 Å². The summed E-state index contributed by atoms with van der Waals surface area (Å²) >= 11 is 0. The zero-order chi connectivity index (χ0) is 11.0. The fourth-order valence-corrected chi connectivity index (χ4v) is 0.707. The highest BCUT2D eigenvalue weighted by Crippen LogP contribution is 1.90. The number of rotatable bonds is 6. The molecular weight excluding hydrogens is 190 g/mol. The first-order chi connectivity index (χ1) is 6.65. The molecule has 0 rings (SSSR count). The van der Waals surface area contributed by atoms with Crippen molar-refractivity contribution in [2.75, 3.05) is 26.8 Å². The molecule has 7 nitrogen and oxygen atoms in total. The molecule has 0 spiro atoms. The molecule has 0 atom stereocenters. The quantitative estimate of drug-likeness (QED) is 0.270. The summed E-state index contributed by atoms with van der Waals surface area (Å²) in [5.41, 5.74) is 0. The van der Waals surface area contributed by atoms with E-state index in [1.165, 1.54) is 12.1 Å². The van der Waals surface area contributed by atoms with Gasteiger partial charge in [-0.15, -0.1) is 5.01 Å². The summed E-state index contributed by atoms with van der Waals surface area (Å²) in [5, 5.41) is 15.6. The van der Waals surface area contributed by atoms with Gasteiger partial charge in [-0.1, -0.05) is 0 Å². The second-order valence-corrected chi connectivity index (χ2v) is 2.32. The minimum absolute atomic E-state index is 0.308. The maximum Gasteiger partial charge on any atom is 0.346 e. The number of nitrogens with zero attached hydrogens (tertiary/aromatic N) is 3. The third-order valence-electron chi connectivity index (χ3n) is 1.51. The van der Waals surface area contributed by atoms with Gasteiger partial charge >= 0.3 is 5.97 Å². The van der Waals surface area contributed by atoms with E-state index in [0.29, 0.717) is 18.1 Å². The van der Waals surface area contributed by atoms with Gasteiger partial charge in [0.25, 0.3) is 0 Å². The molecule has 0 saturated carbocycles. The van der Waals surface area contributed by atoms with E-state index >= 15 is 0 Å². The van der Waals surface area contributed by atoms with Gasteiger partial charge in [-0.25, -0.2) is 4.79 Å². The summed E-state index contributed by atoms with van der Waals surface area (Å²) in [6.45, 7) is 4.29. The van der Waals surface area contributed by atoms with Crippen molar-refractivity contribution in [3.8, 4) is 0 Å². The second-order valence-electron chi connectivity index (χ2n) is 2.32. The predicted molar refractivity (Wildman–Crippen MR) is 46.9 cm³/mol. The van der Waals surface area contributed by atoms with Crippen molar-refractivity contribution < 1.29 is 19.3 Å². The molecule has 0 aromatic carbocycles. The molecule has 7 heteroatoms. The van der Waals surface area contributed by atoms with Crippen LogP contribution in [0.1, 0.15) is 13.8 Å². The largest absolute Gasteiger partial charge is 0.569 e. The Bertz CT molecular complexity index is 203. The summed E-state index contributed by atoms with van der Waals surface area (Å²) in [4.78, 5) is 15.3. The van der Waals surface area contributed by atoms with Crippen LogP contribution in [0.5, 0.6) is 0 Å². The zero-order valence-electron chi connectivity index (χ0n) is 8.60. The van der Waals surface area contributed by atoms with Crippen molar-refractivity contribution in [3.63, 3.8) is 0 Å². The lowest BCUT2D eigenvalue weighted by Gasteiger charge is -2.12. The van der Waals surface area contributed by atoms with E-state index in [1.807, 2.05) is 13.8 Å². The molecule has 0 amide bonds. The van der Waals surface area contributed by atoms with Crippen LogP contribution in [0.4, 0.5) is 0 Å². The highest BCUT2D eigenvalue weighted by atomic mass is 16.7. The van der Waals surface area contributed by atoms with Gasteiger partial charge in [-0.05, 0) is 13.8 Å². The minimum Gasteiger partial charge on any atom is -0.569 e. The zero-order valence-corrected chi connectivity index (χ0v) is 8.60. The van der Waals surface area contributed by atoms with E-state index in [0.717, 1.165) is 0 Å². The molecule has 0 N–H and O–H groups in total. The molecule has 0 unspecified atom stereocenters. The standard InChI is InChI=1S/C7H15N3O4/c1-4-9(5-2)10(12)8-14-6-7(11)13-3/h4-6H2,1-3H3. The first kappa shape index (κ1) is 12.5. The Kier molecular flexibility index (Phi) is 6.17. The summed E-state index contributed by atoms with van der Waals surface area (Å²) in [6.07, 6.45) is 0. The second kappa shape index (κ2) is 6.93. The minimum atomic E-state index is -0.582. The van der Waals surface area contributed by atoms with Gasteiger partial charge < -0.3 is 14.8 Å². The fraction of sp³-hybridized carbons (Fsp3) is 0.857. The predicted octanol–water partition coefficient (Wildman–Crippen LogP) is 0.310. The van der Waals surface area contributed by atoms with Crippen LogP contribution >= 0.6 is 0 Å². The molecule has 0 radical (unpaired) electrons. The Hall–Kier alpha value is -1.53. The molecule has 0 aromatic heterocycles. The van der Waals surface area contributed by atoms with Gasteiger partial charge in [0.05, 0.1) is 25.2 Å². The maximum absolute atomic E-state index is 11.1.